The number of hydrogen-bond acceptors (Lipinski definition) is 2. The minimum absolute atomic E-state index is 0.106. The van der Waals surface area contributed by atoms with Gasteiger partial charge in [0.1, 0.15) is 5.82 Å². The second-order valence-corrected chi connectivity index (χ2v) is 7.23. The lowest BCUT2D eigenvalue weighted by Crippen LogP contribution is -2.48. The van der Waals surface area contributed by atoms with Crippen LogP contribution in [0.2, 0.25) is 5.02 Å². The standard InChI is InChI=1S/C21H24ClFN2O/c22-20-14-17(23)10-11-19(20)21(26)24-18-9-5-13-25(15-18)12-4-8-16-6-2-1-3-7-16/h1-3,6-7,10-11,14,18H,4-5,8-9,12-13,15H2,(H,24,26). The summed E-state index contributed by atoms with van der Waals surface area (Å²) in [4.78, 5) is 14.8. The molecule has 26 heavy (non-hydrogen) atoms. The third-order valence-electron chi connectivity index (χ3n) is 4.80. The summed E-state index contributed by atoms with van der Waals surface area (Å²) in [6.07, 6.45) is 4.20. The Labute approximate surface area is 159 Å². The molecule has 1 N–H and O–H groups in total. The van der Waals surface area contributed by atoms with Gasteiger partial charge in [-0.2, -0.15) is 0 Å². The molecule has 1 aliphatic heterocycles. The van der Waals surface area contributed by atoms with Gasteiger partial charge in [0.05, 0.1) is 10.6 Å². The number of halogens is 2. The van der Waals surface area contributed by atoms with E-state index in [-0.39, 0.29) is 17.0 Å². The lowest BCUT2D eigenvalue weighted by molar-refractivity contribution is 0.0903. The zero-order valence-corrected chi connectivity index (χ0v) is 15.5. The van der Waals surface area contributed by atoms with Gasteiger partial charge in [-0.1, -0.05) is 41.9 Å². The monoisotopic (exact) mass is 374 g/mol. The van der Waals surface area contributed by atoms with Crippen molar-refractivity contribution in [3.05, 3.63) is 70.5 Å². The molecule has 3 rings (SSSR count). The van der Waals surface area contributed by atoms with Gasteiger partial charge in [-0.25, -0.2) is 4.39 Å². The number of carbonyl (C=O) groups excluding carboxylic acids is 1. The first-order chi connectivity index (χ1) is 12.6. The number of likely N-dealkylation sites (tertiary alicyclic amines) is 1. The van der Waals surface area contributed by atoms with Gasteiger partial charge in [0, 0.05) is 12.6 Å². The highest BCUT2D eigenvalue weighted by molar-refractivity contribution is 6.33. The second kappa shape index (κ2) is 9.15. The van der Waals surface area contributed by atoms with Crippen LogP contribution in [0.1, 0.15) is 35.2 Å². The largest absolute Gasteiger partial charge is 0.348 e. The number of aryl methyl sites for hydroxylation is 1. The third-order valence-corrected chi connectivity index (χ3v) is 5.11. The molecule has 1 atom stereocenters. The van der Waals surface area contributed by atoms with Crippen molar-refractivity contribution in [1.82, 2.24) is 10.2 Å². The van der Waals surface area contributed by atoms with Crippen LogP contribution in [0.4, 0.5) is 4.39 Å². The van der Waals surface area contributed by atoms with Crippen LogP contribution in [0.15, 0.2) is 48.5 Å². The van der Waals surface area contributed by atoms with E-state index in [9.17, 15) is 9.18 Å². The van der Waals surface area contributed by atoms with Crippen LogP contribution >= 0.6 is 11.6 Å². The van der Waals surface area contributed by atoms with Gasteiger partial charge in [0.2, 0.25) is 0 Å². The first kappa shape index (κ1) is 18.9. The van der Waals surface area contributed by atoms with E-state index in [2.05, 4.69) is 34.5 Å². The highest BCUT2D eigenvalue weighted by Crippen LogP contribution is 2.18. The lowest BCUT2D eigenvalue weighted by Gasteiger charge is -2.33. The van der Waals surface area contributed by atoms with Crippen molar-refractivity contribution in [1.29, 1.82) is 0 Å². The Morgan fingerprint density at radius 1 is 1.23 bits per heavy atom. The Bertz CT molecular complexity index is 738. The molecule has 0 aliphatic carbocycles. The van der Waals surface area contributed by atoms with Crippen LogP contribution in [0, 0.1) is 5.82 Å². The molecule has 0 saturated carbocycles. The summed E-state index contributed by atoms with van der Waals surface area (Å²) in [6, 6.07) is 14.5. The van der Waals surface area contributed by atoms with E-state index in [0.29, 0.717) is 5.56 Å². The number of hydrogen-bond donors (Lipinski definition) is 1. The third kappa shape index (κ3) is 5.29. The molecule has 1 saturated heterocycles. The molecule has 1 aliphatic rings. The van der Waals surface area contributed by atoms with E-state index in [1.807, 2.05) is 6.07 Å². The first-order valence-corrected chi connectivity index (χ1v) is 9.52. The fraction of sp³-hybridized carbons (Fsp3) is 0.381. The van der Waals surface area contributed by atoms with Gasteiger partial charge in [-0.15, -0.1) is 0 Å². The van der Waals surface area contributed by atoms with Crippen LogP contribution < -0.4 is 5.32 Å². The normalized spacial score (nSPS) is 17.8. The quantitative estimate of drug-likeness (QED) is 0.817. The number of nitrogens with zero attached hydrogens (tertiary/aromatic N) is 1. The average molecular weight is 375 g/mol. The summed E-state index contributed by atoms with van der Waals surface area (Å²) < 4.78 is 13.1. The van der Waals surface area contributed by atoms with Crippen LogP contribution in [0.5, 0.6) is 0 Å². The molecule has 3 nitrogen and oxygen atoms in total. The molecule has 2 aromatic rings. The molecule has 138 valence electrons. The Morgan fingerprint density at radius 3 is 2.81 bits per heavy atom. The van der Waals surface area contributed by atoms with Crippen molar-refractivity contribution in [2.24, 2.45) is 0 Å². The number of rotatable bonds is 6. The van der Waals surface area contributed by atoms with Crippen LogP contribution in [-0.2, 0) is 6.42 Å². The fourth-order valence-corrected chi connectivity index (χ4v) is 3.72. The van der Waals surface area contributed by atoms with Gasteiger partial charge >= 0.3 is 0 Å². The van der Waals surface area contributed by atoms with Crippen molar-refractivity contribution in [3.63, 3.8) is 0 Å². The molecule has 1 heterocycles. The van der Waals surface area contributed by atoms with E-state index in [4.69, 9.17) is 11.6 Å². The van der Waals surface area contributed by atoms with Crippen LogP contribution in [-0.4, -0.2) is 36.5 Å². The van der Waals surface area contributed by atoms with E-state index in [1.165, 1.54) is 23.8 Å². The van der Waals surface area contributed by atoms with Gasteiger partial charge in [-0.05, 0) is 62.5 Å². The van der Waals surface area contributed by atoms with Gasteiger partial charge in [0.25, 0.3) is 5.91 Å². The molecule has 0 bridgehead atoms. The van der Waals surface area contributed by atoms with Crippen molar-refractivity contribution in [2.75, 3.05) is 19.6 Å². The zero-order valence-electron chi connectivity index (χ0n) is 14.8. The molecular formula is C21H24ClFN2O. The summed E-state index contributed by atoms with van der Waals surface area (Å²) in [5.41, 5.74) is 1.69. The number of benzene rings is 2. The van der Waals surface area contributed by atoms with Crippen molar-refractivity contribution >= 4 is 17.5 Å². The maximum absolute atomic E-state index is 13.1. The van der Waals surface area contributed by atoms with E-state index < -0.39 is 5.82 Å². The lowest BCUT2D eigenvalue weighted by atomic mass is 10.0. The van der Waals surface area contributed by atoms with Crippen molar-refractivity contribution < 1.29 is 9.18 Å². The van der Waals surface area contributed by atoms with E-state index in [0.717, 1.165) is 45.3 Å². The van der Waals surface area contributed by atoms with Crippen molar-refractivity contribution in [2.45, 2.75) is 31.7 Å². The predicted octanol–water partition coefficient (Wildman–Crippen LogP) is 4.31. The number of nitrogens with one attached hydrogen (secondary N) is 1. The molecule has 1 unspecified atom stereocenters. The smallest absolute Gasteiger partial charge is 0.253 e. The Balaban J connectivity index is 1.48. The predicted molar refractivity (Wildman–Crippen MR) is 103 cm³/mol. The number of amides is 1. The maximum atomic E-state index is 13.1. The van der Waals surface area contributed by atoms with E-state index in [1.54, 1.807) is 0 Å². The summed E-state index contributed by atoms with van der Waals surface area (Å²) >= 11 is 5.99. The van der Waals surface area contributed by atoms with Crippen LogP contribution in [0.25, 0.3) is 0 Å². The van der Waals surface area contributed by atoms with Crippen molar-refractivity contribution in [3.8, 4) is 0 Å². The topological polar surface area (TPSA) is 32.3 Å². The SMILES string of the molecule is O=C(NC1CCCN(CCCc2ccccc2)C1)c1ccc(F)cc1Cl. The maximum Gasteiger partial charge on any atom is 0.253 e. The van der Waals surface area contributed by atoms with E-state index >= 15 is 0 Å². The fourth-order valence-electron chi connectivity index (χ4n) is 3.46. The minimum Gasteiger partial charge on any atom is -0.348 e. The molecule has 0 aromatic heterocycles. The Morgan fingerprint density at radius 2 is 2.04 bits per heavy atom. The Hall–Kier alpha value is -1.91. The van der Waals surface area contributed by atoms with Gasteiger partial charge in [0.15, 0.2) is 0 Å². The summed E-state index contributed by atoms with van der Waals surface area (Å²) in [5, 5.41) is 3.20. The highest BCUT2D eigenvalue weighted by Gasteiger charge is 2.22. The van der Waals surface area contributed by atoms with Gasteiger partial charge in [-0.3, -0.25) is 4.79 Å². The first-order valence-electron chi connectivity index (χ1n) is 9.14. The summed E-state index contributed by atoms with van der Waals surface area (Å²) in [5.74, 6) is -0.667. The highest BCUT2D eigenvalue weighted by atomic mass is 35.5. The minimum atomic E-state index is -0.436. The molecule has 5 heteroatoms. The molecule has 1 amide bonds. The summed E-state index contributed by atoms with van der Waals surface area (Å²) in [7, 11) is 0. The molecule has 0 spiro atoms. The van der Waals surface area contributed by atoms with Crippen LogP contribution in [0.3, 0.4) is 0 Å². The number of piperidine rings is 1. The average Bonchev–Trinajstić information content (AvgIpc) is 2.63. The van der Waals surface area contributed by atoms with Gasteiger partial charge < -0.3 is 10.2 Å². The molecule has 2 aromatic carbocycles. The molecular weight excluding hydrogens is 351 g/mol. The summed E-state index contributed by atoms with van der Waals surface area (Å²) in [6.45, 7) is 2.94. The Kier molecular flexibility index (Phi) is 6.64. The molecule has 0 radical (unpaired) electrons. The second-order valence-electron chi connectivity index (χ2n) is 6.83. The molecule has 1 fully saturated rings. The number of carbonyl (C=O) groups is 1. The zero-order chi connectivity index (χ0) is 18.4.